The molecule has 7 nitrogen and oxygen atoms in total. The van der Waals surface area contributed by atoms with Gasteiger partial charge in [0, 0.05) is 37.9 Å². The largest absolute Gasteiger partial charge is 0.465 e. The number of ether oxygens (including phenoxy) is 1. The number of carbonyl (C=O) groups excluding carboxylic acids is 1. The molecule has 0 N–H and O–H groups in total. The van der Waals surface area contributed by atoms with E-state index in [0.29, 0.717) is 38.3 Å². The lowest BCUT2D eigenvalue weighted by atomic mass is 10.0. The summed E-state index contributed by atoms with van der Waals surface area (Å²) in [5, 5.41) is 11.6. The maximum Gasteiger partial charge on any atom is 0.417 e. The van der Waals surface area contributed by atoms with Gasteiger partial charge >= 0.3 is 12.1 Å². The van der Waals surface area contributed by atoms with Gasteiger partial charge in [-0.2, -0.15) is 13.2 Å². The van der Waals surface area contributed by atoms with Crippen molar-refractivity contribution in [1.29, 1.82) is 0 Å². The maximum absolute atomic E-state index is 13.5. The van der Waals surface area contributed by atoms with E-state index in [4.69, 9.17) is 0 Å². The lowest BCUT2D eigenvalue weighted by Gasteiger charge is -2.38. The van der Waals surface area contributed by atoms with Crippen molar-refractivity contribution in [3.63, 3.8) is 0 Å². The van der Waals surface area contributed by atoms with Gasteiger partial charge in [-0.1, -0.05) is 18.2 Å². The summed E-state index contributed by atoms with van der Waals surface area (Å²) in [5.74, 6) is -1.28. The molecule has 0 atom stereocenters. The highest BCUT2D eigenvalue weighted by Gasteiger charge is 2.39. The number of nitro groups is 1. The van der Waals surface area contributed by atoms with Crippen LogP contribution in [-0.2, 0) is 10.9 Å². The van der Waals surface area contributed by atoms with E-state index < -0.39 is 33.9 Å². The molecule has 0 saturated carbocycles. The first-order chi connectivity index (χ1) is 14.1. The minimum atomic E-state index is -4.86. The predicted octanol–water partition coefficient (Wildman–Crippen LogP) is 4.04. The van der Waals surface area contributed by atoms with Gasteiger partial charge in [-0.25, -0.2) is 4.79 Å². The van der Waals surface area contributed by atoms with Crippen molar-refractivity contribution in [2.45, 2.75) is 13.1 Å². The lowest BCUT2D eigenvalue weighted by molar-refractivity contribution is -0.384. The summed E-state index contributed by atoms with van der Waals surface area (Å²) >= 11 is 0. The summed E-state index contributed by atoms with van der Waals surface area (Å²) in [4.78, 5) is 26.2. The van der Waals surface area contributed by atoms with Crippen LogP contribution in [0.5, 0.6) is 0 Å². The molecule has 3 rings (SSSR count). The van der Waals surface area contributed by atoms with Crippen LogP contribution in [0, 0.1) is 17.0 Å². The molecule has 0 unspecified atom stereocenters. The Hall–Kier alpha value is -3.30. The van der Waals surface area contributed by atoms with Crippen LogP contribution in [0.3, 0.4) is 0 Å². The first-order valence-electron chi connectivity index (χ1n) is 9.17. The zero-order valence-electron chi connectivity index (χ0n) is 16.4. The molecular formula is C20H20F3N3O4. The number of aryl methyl sites for hydroxylation is 1. The summed E-state index contributed by atoms with van der Waals surface area (Å²) in [7, 11) is 0.924. The molecule has 2 aromatic rings. The number of piperazine rings is 1. The molecule has 0 radical (unpaired) electrons. The number of para-hydroxylation sites is 1. The van der Waals surface area contributed by atoms with Crippen molar-refractivity contribution in [1.82, 2.24) is 0 Å². The van der Waals surface area contributed by atoms with Gasteiger partial charge in [-0.3, -0.25) is 10.1 Å². The zero-order valence-corrected chi connectivity index (χ0v) is 16.4. The Morgan fingerprint density at radius 3 is 2.13 bits per heavy atom. The molecule has 1 heterocycles. The van der Waals surface area contributed by atoms with E-state index in [1.54, 1.807) is 4.90 Å². The highest BCUT2D eigenvalue weighted by molar-refractivity contribution is 5.93. The van der Waals surface area contributed by atoms with Crippen LogP contribution >= 0.6 is 0 Å². The normalized spacial score (nSPS) is 14.6. The van der Waals surface area contributed by atoms with Crippen molar-refractivity contribution in [3.05, 3.63) is 63.2 Å². The second kappa shape index (κ2) is 8.21. The Bertz CT molecular complexity index is 970. The average molecular weight is 423 g/mol. The minimum absolute atomic E-state index is 0.163. The third-order valence-corrected chi connectivity index (χ3v) is 5.10. The van der Waals surface area contributed by atoms with Gasteiger partial charge in [0.1, 0.15) is 5.69 Å². The molecule has 0 spiro atoms. The molecule has 30 heavy (non-hydrogen) atoms. The number of hydrogen-bond acceptors (Lipinski definition) is 6. The van der Waals surface area contributed by atoms with Gasteiger partial charge in [0.05, 0.1) is 23.2 Å². The van der Waals surface area contributed by atoms with Gasteiger partial charge in [0.2, 0.25) is 0 Å². The molecule has 0 aromatic heterocycles. The molecule has 2 aromatic carbocycles. The molecule has 10 heteroatoms. The summed E-state index contributed by atoms with van der Waals surface area (Å²) in [6.45, 7) is 3.53. The summed E-state index contributed by atoms with van der Waals surface area (Å²) < 4.78 is 45.0. The number of nitro benzene ring substituents is 1. The van der Waals surface area contributed by atoms with Gasteiger partial charge < -0.3 is 14.5 Å². The molecule has 0 amide bonds. The second-order valence-electron chi connectivity index (χ2n) is 6.89. The van der Waals surface area contributed by atoms with Crippen molar-refractivity contribution in [2.24, 2.45) is 0 Å². The third-order valence-electron chi connectivity index (χ3n) is 5.10. The summed E-state index contributed by atoms with van der Waals surface area (Å²) in [5.41, 5.74) is -0.769. The molecule has 1 saturated heterocycles. The van der Waals surface area contributed by atoms with Crippen LogP contribution < -0.4 is 9.80 Å². The Kier molecular flexibility index (Phi) is 5.86. The van der Waals surface area contributed by atoms with Crippen LogP contribution in [-0.4, -0.2) is 44.2 Å². The standard InChI is InChI=1S/C20H20F3N3O4/c1-13-5-3-4-6-16(13)24-7-9-25(10-8-24)17-12-15(20(21,22)23)14(19(27)30-2)11-18(17)26(28)29/h3-6,11-12H,7-10H2,1-2H3. The molecule has 1 aliphatic heterocycles. The summed E-state index contributed by atoms with van der Waals surface area (Å²) in [6.07, 6.45) is -4.86. The highest BCUT2D eigenvalue weighted by atomic mass is 19.4. The molecule has 1 aliphatic rings. The van der Waals surface area contributed by atoms with Crippen LogP contribution in [0.15, 0.2) is 36.4 Å². The van der Waals surface area contributed by atoms with E-state index >= 15 is 0 Å². The molecule has 0 aliphatic carbocycles. The van der Waals surface area contributed by atoms with Gasteiger partial charge in [-0.15, -0.1) is 0 Å². The van der Waals surface area contributed by atoms with E-state index in [9.17, 15) is 28.1 Å². The Balaban J connectivity index is 1.96. The average Bonchev–Trinajstić information content (AvgIpc) is 2.72. The first kappa shape index (κ1) is 21.4. The minimum Gasteiger partial charge on any atom is -0.465 e. The topological polar surface area (TPSA) is 75.9 Å². The van der Waals surface area contributed by atoms with Crippen molar-refractivity contribution in [3.8, 4) is 0 Å². The number of esters is 1. The summed E-state index contributed by atoms with van der Waals surface area (Å²) in [6, 6.07) is 9.07. The molecule has 0 bridgehead atoms. The maximum atomic E-state index is 13.5. The van der Waals surface area contributed by atoms with E-state index in [1.807, 2.05) is 31.2 Å². The van der Waals surface area contributed by atoms with Crippen LogP contribution in [0.25, 0.3) is 0 Å². The van der Waals surface area contributed by atoms with Gasteiger partial charge in [-0.05, 0) is 24.6 Å². The number of carbonyl (C=O) groups is 1. The third kappa shape index (κ3) is 4.17. The lowest BCUT2D eigenvalue weighted by Crippen LogP contribution is -2.47. The Labute approximate surface area is 170 Å². The number of anilines is 2. The Morgan fingerprint density at radius 1 is 1.07 bits per heavy atom. The van der Waals surface area contributed by atoms with Crippen molar-refractivity contribution >= 4 is 23.0 Å². The smallest absolute Gasteiger partial charge is 0.417 e. The monoisotopic (exact) mass is 423 g/mol. The number of methoxy groups -OCH3 is 1. The fourth-order valence-electron chi connectivity index (χ4n) is 3.60. The molecule has 1 fully saturated rings. The van der Waals surface area contributed by atoms with Crippen molar-refractivity contribution in [2.75, 3.05) is 43.1 Å². The molecular weight excluding hydrogens is 403 g/mol. The van der Waals surface area contributed by atoms with Crippen LogP contribution in [0.1, 0.15) is 21.5 Å². The van der Waals surface area contributed by atoms with E-state index in [-0.39, 0.29) is 5.69 Å². The quantitative estimate of drug-likeness (QED) is 0.420. The Morgan fingerprint density at radius 2 is 1.63 bits per heavy atom. The SMILES string of the molecule is COC(=O)c1cc([N+](=O)[O-])c(N2CCN(c3ccccc3C)CC2)cc1C(F)(F)F. The number of benzene rings is 2. The molecule has 160 valence electrons. The zero-order chi connectivity index (χ0) is 22.1. The number of nitrogens with zero attached hydrogens (tertiary/aromatic N) is 3. The first-order valence-corrected chi connectivity index (χ1v) is 9.17. The predicted molar refractivity (Wildman–Crippen MR) is 105 cm³/mol. The fourth-order valence-corrected chi connectivity index (χ4v) is 3.60. The van der Waals surface area contributed by atoms with Gasteiger partial charge in [0.15, 0.2) is 0 Å². The number of hydrogen-bond donors (Lipinski definition) is 0. The van der Waals surface area contributed by atoms with Crippen LogP contribution in [0.2, 0.25) is 0 Å². The van der Waals surface area contributed by atoms with Crippen molar-refractivity contribution < 1.29 is 27.6 Å². The number of rotatable bonds is 4. The number of alkyl halides is 3. The van der Waals surface area contributed by atoms with Gasteiger partial charge in [0.25, 0.3) is 5.69 Å². The second-order valence-corrected chi connectivity index (χ2v) is 6.89. The van der Waals surface area contributed by atoms with Crippen LogP contribution in [0.4, 0.5) is 30.2 Å². The highest BCUT2D eigenvalue weighted by Crippen LogP contribution is 2.40. The fraction of sp³-hybridized carbons (Fsp3) is 0.350. The van der Waals surface area contributed by atoms with E-state index in [1.165, 1.54) is 0 Å². The van der Waals surface area contributed by atoms with E-state index in [0.717, 1.165) is 18.4 Å². The van der Waals surface area contributed by atoms with E-state index in [2.05, 4.69) is 9.64 Å². The number of halogens is 3.